The van der Waals surface area contributed by atoms with E-state index >= 15 is 0 Å². The van der Waals surface area contributed by atoms with Gasteiger partial charge in [-0.05, 0) is 35.2 Å². The van der Waals surface area contributed by atoms with Crippen molar-refractivity contribution in [1.82, 2.24) is 0 Å². The molecule has 0 saturated heterocycles. The van der Waals surface area contributed by atoms with E-state index in [2.05, 4.69) is 5.32 Å². The second kappa shape index (κ2) is 7.27. The Bertz CT molecular complexity index is 795. The Labute approximate surface area is 149 Å². The number of para-hydroxylation sites is 1. The van der Waals surface area contributed by atoms with Crippen LogP contribution in [0.1, 0.15) is 31.9 Å². The first-order valence-electron chi connectivity index (χ1n) is 7.91. The summed E-state index contributed by atoms with van der Waals surface area (Å²) in [7, 11) is 0. The van der Waals surface area contributed by atoms with E-state index in [-0.39, 0.29) is 5.41 Å². The molecule has 4 nitrogen and oxygen atoms in total. The van der Waals surface area contributed by atoms with Crippen LogP contribution in [0.4, 0.5) is 18.9 Å². The first kappa shape index (κ1) is 19.6. The Morgan fingerprint density at radius 1 is 1.08 bits per heavy atom. The van der Waals surface area contributed by atoms with Gasteiger partial charge in [0, 0.05) is 0 Å². The largest absolute Gasteiger partial charge is 0.508 e. The van der Waals surface area contributed by atoms with Gasteiger partial charge in [0.25, 0.3) is 5.91 Å². The number of nitrogens with one attached hydrogen (secondary N) is 1. The SMILES string of the molecule is CC(C)(C)c1ccccc1OCC(=O)Nc1ccc(O)cc1C(F)(F)F. The number of benzene rings is 2. The van der Waals surface area contributed by atoms with Crippen LogP contribution < -0.4 is 10.1 Å². The molecule has 0 bridgehead atoms. The van der Waals surface area contributed by atoms with Gasteiger partial charge in [-0.25, -0.2) is 0 Å². The second-order valence-electron chi connectivity index (χ2n) is 6.81. The summed E-state index contributed by atoms with van der Waals surface area (Å²) in [5.41, 5.74) is -0.893. The van der Waals surface area contributed by atoms with Gasteiger partial charge < -0.3 is 15.2 Å². The Balaban J connectivity index is 2.12. The highest BCUT2D eigenvalue weighted by Gasteiger charge is 2.34. The number of rotatable bonds is 4. The Morgan fingerprint density at radius 2 is 1.73 bits per heavy atom. The summed E-state index contributed by atoms with van der Waals surface area (Å²) in [5, 5.41) is 11.4. The topological polar surface area (TPSA) is 58.6 Å². The van der Waals surface area contributed by atoms with Crippen molar-refractivity contribution < 1.29 is 27.8 Å². The van der Waals surface area contributed by atoms with Crippen molar-refractivity contribution in [3.8, 4) is 11.5 Å². The van der Waals surface area contributed by atoms with Crippen LogP contribution in [0.5, 0.6) is 11.5 Å². The average Bonchev–Trinajstić information content (AvgIpc) is 2.53. The monoisotopic (exact) mass is 367 g/mol. The van der Waals surface area contributed by atoms with Gasteiger partial charge in [-0.15, -0.1) is 0 Å². The fourth-order valence-corrected chi connectivity index (χ4v) is 2.42. The molecule has 140 valence electrons. The number of carbonyl (C=O) groups excluding carboxylic acids is 1. The minimum atomic E-state index is -4.71. The number of halogens is 3. The van der Waals surface area contributed by atoms with E-state index in [9.17, 15) is 23.1 Å². The van der Waals surface area contributed by atoms with Crippen LogP contribution in [0, 0.1) is 0 Å². The highest BCUT2D eigenvalue weighted by atomic mass is 19.4. The van der Waals surface area contributed by atoms with Crippen LogP contribution in [-0.4, -0.2) is 17.6 Å². The molecule has 2 aromatic rings. The number of anilines is 1. The van der Waals surface area contributed by atoms with Crippen LogP contribution in [-0.2, 0) is 16.4 Å². The van der Waals surface area contributed by atoms with Gasteiger partial charge in [-0.3, -0.25) is 4.79 Å². The lowest BCUT2D eigenvalue weighted by Crippen LogP contribution is -2.23. The Kier molecular flexibility index (Phi) is 5.49. The third-order valence-corrected chi connectivity index (χ3v) is 3.64. The van der Waals surface area contributed by atoms with Crippen LogP contribution in [0.15, 0.2) is 42.5 Å². The number of amides is 1. The summed E-state index contributed by atoms with van der Waals surface area (Å²) >= 11 is 0. The van der Waals surface area contributed by atoms with Gasteiger partial charge in [0.15, 0.2) is 6.61 Å². The lowest BCUT2D eigenvalue weighted by Gasteiger charge is -2.22. The van der Waals surface area contributed by atoms with Crippen LogP contribution >= 0.6 is 0 Å². The molecule has 2 N–H and O–H groups in total. The summed E-state index contributed by atoms with van der Waals surface area (Å²) in [6.45, 7) is 5.52. The number of carbonyl (C=O) groups is 1. The zero-order valence-electron chi connectivity index (χ0n) is 14.6. The summed E-state index contributed by atoms with van der Waals surface area (Å²) in [4.78, 5) is 12.0. The molecular formula is C19H20F3NO3. The van der Waals surface area contributed by atoms with Crippen molar-refractivity contribution in [3.05, 3.63) is 53.6 Å². The number of phenolic OH excluding ortho intramolecular Hbond substituents is 1. The smallest absolute Gasteiger partial charge is 0.418 e. The van der Waals surface area contributed by atoms with Gasteiger partial charge in [-0.1, -0.05) is 39.0 Å². The normalized spacial score (nSPS) is 11.9. The summed E-state index contributed by atoms with van der Waals surface area (Å²) in [5.74, 6) is -0.771. The molecule has 0 aliphatic heterocycles. The molecule has 0 atom stereocenters. The van der Waals surface area contributed by atoms with Crippen molar-refractivity contribution in [1.29, 1.82) is 0 Å². The average molecular weight is 367 g/mol. The molecule has 0 aliphatic carbocycles. The fourth-order valence-electron chi connectivity index (χ4n) is 2.42. The molecule has 7 heteroatoms. The van der Waals surface area contributed by atoms with Crippen molar-refractivity contribution in [3.63, 3.8) is 0 Å². The zero-order chi connectivity index (χ0) is 19.5. The third-order valence-electron chi connectivity index (χ3n) is 3.64. The summed E-state index contributed by atoms with van der Waals surface area (Å²) in [6.07, 6.45) is -4.71. The lowest BCUT2D eigenvalue weighted by molar-refractivity contribution is -0.137. The predicted molar refractivity (Wildman–Crippen MR) is 92.4 cm³/mol. The molecule has 0 fully saturated rings. The lowest BCUT2D eigenvalue weighted by atomic mass is 9.86. The van der Waals surface area contributed by atoms with Crippen LogP contribution in [0.25, 0.3) is 0 Å². The van der Waals surface area contributed by atoms with Gasteiger partial charge >= 0.3 is 6.18 Å². The number of ether oxygens (including phenoxy) is 1. The maximum Gasteiger partial charge on any atom is 0.418 e. The molecule has 0 aliphatic rings. The van der Waals surface area contributed by atoms with Crippen molar-refractivity contribution in [2.75, 3.05) is 11.9 Å². The van der Waals surface area contributed by atoms with E-state index in [1.807, 2.05) is 32.9 Å². The molecule has 0 unspecified atom stereocenters. The van der Waals surface area contributed by atoms with Crippen molar-refractivity contribution in [2.45, 2.75) is 32.4 Å². The second-order valence-corrected chi connectivity index (χ2v) is 6.81. The van der Waals surface area contributed by atoms with E-state index in [0.29, 0.717) is 11.8 Å². The first-order chi connectivity index (χ1) is 12.0. The number of hydrogen-bond acceptors (Lipinski definition) is 3. The molecule has 0 spiro atoms. The fraction of sp³-hybridized carbons (Fsp3) is 0.316. The van der Waals surface area contributed by atoms with E-state index in [1.54, 1.807) is 12.1 Å². The third kappa shape index (κ3) is 4.91. The van der Waals surface area contributed by atoms with Crippen LogP contribution in [0.2, 0.25) is 0 Å². The molecule has 2 aromatic carbocycles. The highest BCUT2D eigenvalue weighted by molar-refractivity contribution is 5.92. The van der Waals surface area contributed by atoms with Gasteiger partial charge in [-0.2, -0.15) is 13.2 Å². The molecule has 0 radical (unpaired) electrons. The van der Waals surface area contributed by atoms with Gasteiger partial charge in [0.05, 0.1) is 11.3 Å². The van der Waals surface area contributed by atoms with E-state index < -0.39 is 35.7 Å². The van der Waals surface area contributed by atoms with Crippen LogP contribution in [0.3, 0.4) is 0 Å². The molecule has 26 heavy (non-hydrogen) atoms. The molecule has 0 aromatic heterocycles. The molecular weight excluding hydrogens is 347 g/mol. The number of alkyl halides is 3. The maximum atomic E-state index is 13.0. The van der Waals surface area contributed by atoms with E-state index in [0.717, 1.165) is 17.7 Å². The van der Waals surface area contributed by atoms with Gasteiger partial charge in [0.2, 0.25) is 0 Å². The minimum Gasteiger partial charge on any atom is -0.508 e. The van der Waals surface area contributed by atoms with Crippen molar-refractivity contribution >= 4 is 11.6 Å². The van der Waals surface area contributed by atoms with E-state index in [1.165, 1.54) is 0 Å². The first-order valence-corrected chi connectivity index (χ1v) is 7.91. The number of phenols is 1. The highest BCUT2D eigenvalue weighted by Crippen LogP contribution is 2.37. The number of aromatic hydroxyl groups is 1. The molecule has 0 heterocycles. The molecule has 1 amide bonds. The van der Waals surface area contributed by atoms with Gasteiger partial charge in [0.1, 0.15) is 11.5 Å². The quantitative estimate of drug-likeness (QED) is 0.769. The maximum absolute atomic E-state index is 13.0. The summed E-state index contributed by atoms with van der Waals surface area (Å²) < 4.78 is 44.6. The van der Waals surface area contributed by atoms with Crippen molar-refractivity contribution in [2.24, 2.45) is 0 Å². The summed E-state index contributed by atoms with van der Waals surface area (Å²) in [6, 6.07) is 9.81. The number of hydrogen-bond donors (Lipinski definition) is 2. The Hall–Kier alpha value is -2.70. The minimum absolute atomic E-state index is 0.215. The zero-order valence-corrected chi connectivity index (χ0v) is 14.6. The standard InChI is InChI=1S/C19H20F3NO3/c1-18(2,3)13-6-4-5-7-16(13)26-11-17(25)23-15-9-8-12(24)10-14(15)19(20,21)22/h4-10,24H,11H2,1-3H3,(H,23,25). The predicted octanol–water partition coefficient (Wildman–Crippen LogP) is 4.73. The molecule has 0 saturated carbocycles. The Morgan fingerprint density at radius 3 is 2.35 bits per heavy atom. The molecule has 2 rings (SSSR count). The van der Waals surface area contributed by atoms with E-state index in [4.69, 9.17) is 4.74 Å².